The Balaban J connectivity index is 1.36. The highest BCUT2D eigenvalue weighted by atomic mass is 16.2. The molecule has 1 aromatic carbocycles. The largest absolute Gasteiger partial charge is 0.342 e. The number of aryl methyl sites for hydroxylation is 1. The van der Waals surface area contributed by atoms with Crippen LogP contribution < -0.4 is 0 Å². The molecule has 0 bridgehead atoms. The van der Waals surface area contributed by atoms with E-state index < -0.39 is 0 Å². The third-order valence-corrected chi connectivity index (χ3v) is 6.49. The Morgan fingerprint density at radius 3 is 2.45 bits per heavy atom. The third kappa shape index (κ3) is 4.04. The quantitative estimate of drug-likeness (QED) is 0.780. The molecule has 2 unspecified atom stereocenters. The zero-order valence-electron chi connectivity index (χ0n) is 17.3. The number of carbonyl (C=O) groups excluding carboxylic acids is 2. The van der Waals surface area contributed by atoms with Crippen molar-refractivity contribution in [2.45, 2.75) is 38.5 Å². The number of aromatic nitrogens is 3. The maximum absolute atomic E-state index is 13.0. The third-order valence-electron chi connectivity index (χ3n) is 6.49. The van der Waals surface area contributed by atoms with Crippen molar-refractivity contribution in [3.8, 4) is 0 Å². The first-order chi connectivity index (χ1) is 14.0. The number of carbonyl (C=O) groups is 2. The lowest BCUT2D eigenvalue weighted by atomic mass is 9.86. The summed E-state index contributed by atoms with van der Waals surface area (Å²) in [6, 6.07) is 10.3. The van der Waals surface area contributed by atoms with Gasteiger partial charge < -0.3 is 9.80 Å². The monoisotopic (exact) mass is 395 g/mol. The van der Waals surface area contributed by atoms with Crippen LogP contribution in [0, 0.1) is 5.41 Å². The minimum atomic E-state index is -0.109. The van der Waals surface area contributed by atoms with Crippen molar-refractivity contribution in [1.82, 2.24) is 24.6 Å². The number of hydrogen-bond acceptors (Lipinski definition) is 4. The molecular weight excluding hydrogens is 366 g/mol. The number of rotatable bonds is 5. The molecule has 4 rings (SSSR count). The zero-order chi connectivity index (χ0) is 20.4. The summed E-state index contributed by atoms with van der Waals surface area (Å²) in [7, 11) is 1.76. The van der Waals surface area contributed by atoms with Gasteiger partial charge in [-0.1, -0.05) is 37.3 Å². The van der Waals surface area contributed by atoms with Gasteiger partial charge in [0.15, 0.2) is 0 Å². The highest BCUT2D eigenvalue weighted by Gasteiger charge is 2.46. The van der Waals surface area contributed by atoms with Crippen LogP contribution in [0.2, 0.25) is 0 Å². The molecule has 29 heavy (non-hydrogen) atoms. The summed E-state index contributed by atoms with van der Waals surface area (Å²) in [5.41, 5.74) is 1.26. The Morgan fingerprint density at radius 2 is 1.79 bits per heavy atom. The second-order valence-corrected chi connectivity index (χ2v) is 8.50. The van der Waals surface area contributed by atoms with Crippen molar-refractivity contribution < 1.29 is 9.59 Å². The molecule has 1 spiro atoms. The van der Waals surface area contributed by atoms with E-state index in [0.717, 1.165) is 32.4 Å². The molecule has 2 aliphatic heterocycles. The lowest BCUT2D eigenvalue weighted by molar-refractivity contribution is -0.131. The topological polar surface area (TPSA) is 71.3 Å². The van der Waals surface area contributed by atoms with Gasteiger partial charge in [-0.2, -0.15) is 0 Å². The fraction of sp³-hybridized carbons (Fsp3) is 0.545. The lowest BCUT2D eigenvalue weighted by Crippen LogP contribution is -2.36. The van der Waals surface area contributed by atoms with Gasteiger partial charge in [-0.05, 0) is 30.7 Å². The Labute approximate surface area is 171 Å². The highest BCUT2D eigenvalue weighted by Crippen LogP contribution is 2.40. The van der Waals surface area contributed by atoms with E-state index in [1.165, 1.54) is 5.56 Å². The van der Waals surface area contributed by atoms with Crippen LogP contribution >= 0.6 is 0 Å². The van der Waals surface area contributed by atoms with Gasteiger partial charge in [-0.3, -0.25) is 14.3 Å². The fourth-order valence-electron chi connectivity index (χ4n) is 4.73. The van der Waals surface area contributed by atoms with Gasteiger partial charge in [-0.15, -0.1) is 5.10 Å². The first-order valence-corrected chi connectivity index (χ1v) is 10.5. The van der Waals surface area contributed by atoms with E-state index in [1.54, 1.807) is 18.1 Å². The zero-order valence-corrected chi connectivity index (χ0v) is 17.3. The summed E-state index contributed by atoms with van der Waals surface area (Å²) in [4.78, 5) is 33.6. The lowest BCUT2D eigenvalue weighted by Gasteiger charge is -2.25. The molecule has 2 amide bonds. The average Bonchev–Trinajstić information content (AvgIpc) is 3.47. The first-order valence-electron chi connectivity index (χ1n) is 10.5. The molecule has 0 radical (unpaired) electrons. The highest BCUT2D eigenvalue weighted by molar-refractivity contribution is 5.90. The molecule has 3 heterocycles. The number of hydrogen-bond donors (Lipinski definition) is 0. The van der Waals surface area contributed by atoms with E-state index in [9.17, 15) is 9.59 Å². The van der Waals surface area contributed by atoms with E-state index >= 15 is 0 Å². The van der Waals surface area contributed by atoms with Crippen molar-refractivity contribution in [3.63, 3.8) is 0 Å². The summed E-state index contributed by atoms with van der Waals surface area (Å²) in [6.07, 6.45) is 4.95. The van der Waals surface area contributed by atoms with Gasteiger partial charge in [-0.25, -0.2) is 4.98 Å². The van der Waals surface area contributed by atoms with Gasteiger partial charge >= 0.3 is 0 Å². The minimum Gasteiger partial charge on any atom is -0.342 e. The van der Waals surface area contributed by atoms with Crippen LogP contribution in [-0.2, 0) is 11.8 Å². The Morgan fingerprint density at radius 1 is 1.10 bits per heavy atom. The fourth-order valence-corrected chi connectivity index (χ4v) is 4.73. The second kappa shape index (κ2) is 7.97. The van der Waals surface area contributed by atoms with Crippen LogP contribution in [0.1, 0.15) is 54.7 Å². The summed E-state index contributed by atoms with van der Waals surface area (Å²) >= 11 is 0. The van der Waals surface area contributed by atoms with Gasteiger partial charge in [0.05, 0.1) is 0 Å². The summed E-state index contributed by atoms with van der Waals surface area (Å²) in [5.74, 6) is 0.636. The SMILES string of the molecule is CCC(CC(=O)N1CCC2(CCN(C(=O)c3ncn(C)n3)C2)C1)c1ccccc1. The molecule has 0 aliphatic carbocycles. The molecule has 0 saturated carbocycles. The molecule has 2 atom stereocenters. The summed E-state index contributed by atoms with van der Waals surface area (Å²) in [5, 5.41) is 4.13. The van der Waals surface area contributed by atoms with Crippen LogP contribution in [0.25, 0.3) is 0 Å². The average molecular weight is 396 g/mol. The normalized spacial score (nSPS) is 22.4. The maximum Gasteiger partial charge on any atom is 0.293 e. The Hall–Kier alpha value is -2.70. The Kier molecular flexibility index (Phi) is 5.39. The molecule has 2 fully saturated rings. The minimum absolute atomic E-state index is 0.0224. The molecule has 154 valence electrons. The van der Waals surface area contributed by atoms with E-state index in [4.69, 9.17) is 0 Å². The van der Waals surface area contributed by atoms with Gasteiger partial charge in [0.1, 0.15) is 6.33 Å². The predicted octanol–water partition coefficient (Wildman–Crippen LogP) is 2.46. The number of benzene rings is 1. The van der Waals surface area contributed by atoms with E-state index in [0.29, 0.717) is 19.5 Å². The molecule has 2 aromatic rings. The van der Waals surface area contributed by atoms with Gasteiger partial charge in [0, 0.05) is 45.1 Å². The van der Waals surface area contributed by atoms with Crippen molar-refractivity contribution in [2.24, 2.45) is 12.5 Å². The van der Waals surface area contributed by atoms with E-state index in [1.807, 2.05) is 28.0 Å². The number of likely N-dealkylation sites (tertiary alicyclic amines) is 2. The predicted molar refractivity (Wildman–Crippen MR) is 109 cm³/mol. The number of nitrogens with zero attached hydrogens (tertiary/aromatic N) is 5. The van der Waals surface area contributed by atoms with Crippen molar-refractivity contribution in [2.75, 3.05) is 26.2 Å². The van der Waals surface area contributed by atoms with Gasteiger partial charge in [0.2, 0.25) is 11.7 Å². The maximum atomic E-state index is 13.0. The molecule has 0 N–H and O–H groups in total. The molecular formula is C22H29N5O2. The molecule has 7 heteroatoms. The van der Waals surface area contributed by atoms with E-state index in [-0.39, 0.29) is 29.0 Å². The molecule has 2 aliphatic rings. The van der Waals surface area contributed by atoms with Crippen LogP contribution in [0.3, 0.4) is 0 Å². The smallest absolute Gasteiger partial charge is 0.293 e. The van der Waals surface area contributed by atoms with Crippen LogP contribution in [0.4, 0.5) is 0 Å². The van der Waals surface area contributed by atoms with Crippen molar-refractivity contribution in [3.05, 3.63) is 48.0 Å². The van der Waals surface area contributed by atoms with Crippen LogP contribution in [-0.4, -0.2) is 62.6 Å². The molecule has 7 nitrogen and oxygen atoms in total. The Bertz CT molecular complexity index is 880. The van der Waals surface area contributed by atoms with Crippen LogP contribution in [0.15, 0.2) is 36.7 Å². The van der Waals surface area contributed by atoms with Gasteiger partial charge in [0.25, 0.3) is 5.91 Å². The first kappa shape index (κ1) is 19.6. The standard InChI is InChI=1S/C22H29N5O2/c1-3-17(18-7-5-4-6-8-18)13-19(28)26-11-9-22(14-26)10-12-27(15-22)21(29)20-23-16-25(2)24-20/h4-8,16-17H,3,9-15H2,1-2H3. The number of amides is 2. The summed E-state index contributed by atoms with van der Waals surface area (Å²) < 4.78 is 1.55. The summed E-state index contributed by atoms with van der Waals surface area (Å²) in [6.45, 7) is 5.07. The van der Waals surface area contributed by atoms with Crippen LogP contribution in [0.5, 0.6) is 0 Å². The molecule has 2 saturated heterocycles. The second-order valence-electron chi connectivity index (χ2n) is 8.50. The molecule has 1 aromatic heterocycles. The van der Waals surface area contributed by atoms with E-state index in [2.05, 4.69) is 29.1 Å². The van der Waals surface area contributed by atoms with Crippen molar-refractivity contribution in [1.29, 1.82) is 0 Å². The van der Waals surface area contributed by atoms with Crippen molar-refractivity contribution >= 4 is 11.8 Å².